The Kier molecular flexibility index (Phi) is 6.59. The third-order valence-electron chi connectivity index (χ3n) is 5.13. The maximum Gasteiger partial charge on any atom is 0.227 e. The number of anilines is 2. The molecule has 5 nitrogen and oxygen atoms in total. The maximum absolute atomic E-state index is 13.0. The number of hydrogen-bond acceptors (Lipinski definition) is 5. The Balaban J connectivity index is 1.30. The molecular formula is C23H23FN4OS. The van der Waals surface area contributed by atoms with Gasteiger partial charge < -0.3 is 10.2 Å². The van der Waals surface area contributed by atoms with Gasteiger partial charge in [0.15, 0.2) is 0 Å². The Morgan fingerprint density at radius 2 is 1.80 bits per heavy atom. The fourth-order valence-electron chi connectivity index (χ4n) is 3.44. The molecule has 154 valence electrons. The van der Waals surface area contributed by atoms with E-state index >= 15 is 0 Å². The van der Waals surface area contributed by atoms with Gasteiger partial charge in [0.05, 0.1) is 12.4 Å². The van der Waals surface area contributed by atoms with E-state index in [2.05, 4.69) is 27.3 Å². The molecule has 1 saturated heterocycles. The normalized spacial score (nSPS) is 14.5. The molecule has 1 N–H and O–H groups in total. The van der Waals surface area contributed by atoms with Crippen LogP contribution < -0.4 is 10.2 Å². The number of halogens is 1. The second-order valence-electron chi connectivity index (χ2n) is 7.25. The van der Waals surface area contributed by atoms with Crippen LogP contribution in [-0.4, -0.2) is 29.0 Å². The second kappa shape index (κ2) is 9.71. The monoisotopic (exact) mass is 422 g/mol. The second-order valence-corrected chi connectivity index (χ2v) is 8.24. The maximum atomic E-state index is 13.0. The number of carbonyl (C=O) groups is 1. The summed E-state index contributed by atoms with van der Waals surface area (Å²) in [5.41, 5.74) is 1.88. The van der Waals surface area contributed by atoms with Gasteiger partial charge in [-0.05, 0) is 42.7 Å². The Labute approximate surface area is 179 Å². The summed E-state index contributed by atoms with van der Waals surface area (Å²) >= 11 is 1.67. The summed E-state index contributed by atoms with van der Waals surface area (Å²) in [6, 6.07) is 16.1. The number of aromatic nitrogens is 2. The molecule has 1 aliphatic heterocycles. The van der Waals surface area contributed by atoms with E-state index < -0.39 is 0 Å². The van der Waals surface area contributed by atoms with E-state index in [0.717, 1.165) is 42.5 Å². The van der Waals surface area contributed by atoms with Crippen molar-refractivity contribution in [2.75, 3.05) is 23.3 Å². The van der Waals surface area contributed by atoms with E-state index in [9.17, 15) is 9.18 Å². The van der Waals surface area contributed by atoms with E-state index in [4.69, 9.17) is 4.98 Å². The minimum absolute atomic E-state index is 0.0143. The summed E-state index contributed by atoms with van der Waals surface area (Å²) in [4.78, 5) is 23.8. The van der Waals surface area contributed by atoms with Crippen LogP contribution in [-0.2, 0) is 10.5 Å². The zero-order valence-corrected chi connectivity index (χ0v) is 17.3. The van der Waals surface area contributed by atoms with Crippen LogP contribution in [0.2, 0.25) is 0 Å². The fourth-order valence-corrected chi connectivity index (χ4v) is 4.24. The number of nitrogens with one attached hydrogen (secondary N) is 1. The van der Waals surface area contributed by atoms with Crippen LogP contribution >= 0.6 is 11.8 Å². The van der Waals surface area contributed by atoms with Crippen LogP contribution in [0.5, 0.6) is 0 Å². The van der Waals surface area contributed by atoms with Gasteiger partial charge in [-0.2, -0.15) is 0 Å². The smallest absolute Gasteiger partial charge is 0.227 e. The van der Waals surface area contributed by atoms with Crippen LogP contribution in [0.4, 0.5) is 15.9 Å². The topological polar surface area (TPSA) is 58.1 Å². The molecule has 0 radical (unpaired) electrons. The summed E-state index contributed by atoms with van der Waals surface area (Å²) in [6.45, 7) is 1.51. The molecule has 2 aromatic carbocycles. The number of hydrogen-bond donors (Lipinski definition) is 1. The molecular weight excluding hydrogens is 399 g/mol. The summed E-state index contributed by atoms with van der Waals surface area (Å²) in [5, 5.41) is 3.78. The number of thioether (sulfide) groups is 1. The van der Waals surface area contributed by atoms with Gasteiger partial charge in [-0.3, -0.25) is 9.78 Å². The van der Waals surface area contributed by atoms with Gasteiger partial charge in [-0.25, -0.2) is 9.37 Å². The molecule has 0 saturated carbocycles. The highest BCUT2D eigenvalue weighted by atomic mass is 32.2. The average Bonchev–Trinajstić information content (AvgIpc) is 2.80. The molecule has 7 heteroatoms. The van der Waals surface area contributed by atoms with Crippen molar-refractivity contribution in [1.29, 1.82) is 0 Å². The molecule has 30 heavy (non-hydrogen) atoms. The number of rotatable bonds is 6. The van der Waals surface area contributed by atoms with Crippen LogP contribution in [0.1, 0.15) is 18.4 Å². The van der Waals surface area contributed by atoms with Crippen LogP contribution in [0.25, 0.3) is 0 Å². The van der Waals surface area contributed by atoms with Gasteiger partial charge in [0.2, 0.25) is 5.91 Å². The lowest BCUT2D eigenvalue weighted by molar-refractivity contribution is -0.120. The third-order valence-corrected chi connectivity index (χ3v) is 6.10. The molecule has 1 aromatic heterocycles. The molecule has 4 rings (SSSR count). The average molecular weight is 423 g/mol. The summed E-state index contributed by atoms with van der Waals surface area (Å²) in [5.74, 6) is 1.32. The number of amides is 1. The molecule has 2 heterocycles. The first-order valence-corrected chi connectivity index (χ1v) is 11.0. The molecule has 1 aliphatic rings. The number of piperidine rings is 1. The SMILES string of the molecule is O=C(Nc1ccc(F)cc1)C1CCN(c2cncc(SCc3ccccc3)n2)CC1. The Morgan fingerprint density at radius 1 is 1.07 bits per heavy atom. The van der Waals surface area contributed by atoms with Crippen molar-refractivity contribution in [2.45, 2.75) is 23.6 Å². The van der Waals surface area contributed by atoms with Crippen molar-refractivity contribution in [3.05, 3.63) is 78.4 Å². The van der Waals surface area contributed by atoms with E-state index in [0.29, 0.717) is 5.69 Å². The number of benzene rings is 2. The molecule has 0 bridgehead atoms. The Hall–Kier alpha value is -2.93. The molecule has 3 aromatic rings. The lowest BCUT2D eigenvalue weighted by Crippen LogP contribution is -2.38. The van der Waals surface area contributed by atoms with Gasteiger partial charge in [0.25, 0.3) is 0 Å². The minimum Gasteiger partial charge on any atom is -0.355 e. The molecule has 1 fully saturated rings. The van der Waals surface area contributed by atoms with Crippen molar-refractivity contribution in [3.63, 3.8) is 0 Å². The third kappa shape index (κ3) is 5.36. The number of nitrogens with zero attached hydrogens (tertiary/aromatic N) is 3. The fraction of sp³-hybridized carbons (Fsp3) is 0.261. The van der Waals surface area contributed by atoms with Crippen molar-refractivity contribution in [3.8, 4) is 0 Å². The van der Waals surface area contributed by atoms with Crippen molar-refractivity contribution < 1.29 is 9.18 Å². The van der Waals surface area contributed by atoms with Gasteiger partial charge in [-0.15, -0.1) is 11.8 Å². The lowest BCUT2D eigenvalue weighted by Gasteiger charge is -2.32. The molecule has 0 aliphatic carbocycles. The zero-order chi connectivity index (χ0) is 20.8. The van der Waals surface area contributed by atoms with Crippen molar-refractivity contribution in [2.24, 2.45) is 5.92 Å². The Bertz CT molecular complexity index is 976. The first-order chi connectivity index (χ1) is 14.7. The largest absolute Gasteiger partial charge is 0.355 e. The minimum atomic E-state index is -0.313. The number of carbonyl (C=O) groups excluding carboxylic acids is 1. The molecule has 0 atom stereocenters. The van der Waals surface area contributed by atoms with Gasteiger partial charge >= 0.3 is 0 Å². The molecule has 0 unspecified atom stereocenters. The van der Waals surface area contributed by atoms with Crippen molar-refractivity contribution >= 4 is 29.2 Å². The molecule has 1 amide bonds. The standard InChI is InChI=1S/C23H23FN4OS/c24-19-6-8-20(9-7-19)26-23(29)18-10-12-28(13-11-18)21-14-25-15-22(27-21)30-16-17-4-2-1-3-5-17/h1-9,14-15,18H,10-13,16H2,(H,26,29). The highest BCUT2D eigenvalue weighted by molar-refractivity contribution is 7.98. The quantitative estimate of drug-likeness (QED) is 0.580. The summed E-state index contributed by atoms with van der Waals surface area (Å²) in [6.07, 6.45) is 5.07. The predicted molar refractivity (Wildman–Crippen MR) is 118 cm³/mol. The van der Waals surface area contributed by atoms with Crippen LogP contribution in [0.3, 0.4) is 0 Å². The van der Waals surface area contributed by atoms with E-state index in [1.54, 1.807) is 36.3 Å². The highest BCUT2D eigenvalue weighted by Crippen LogP contribution is 2.26. The van der Waals surface area contributed by atoms with E-state index in [-0.39, 0.29) is 17.6 Å². The first kappa shape index (κ1) is 20.3. The summed E-state index contributed by atoms with van der Waals surface area (Å²) < 4.78 is 13.0. The van der Waals surface area contributed by atoms with Crippen LogP contribution in [0.15, 0.2) is 72.0 Å². The van der Waals surface area contributed by atoms with E-state index in [1.807, 2.05) is 18.2 Å². The Morgan fingerprint density at radius 3 is 2.53 bits per heavy atom. The van der Waals surface area contributed by atoms with Crippen molar-refractivity contribution in [1.82, 2.24) is 9.97 Å². The van der Waals surface area contributed by atoms with Gasteiger partial charge in [0.1, 0.15) is 16.7 Å². The first-order valence-electron chi connectivity index (χ1n) is 9.97. The molecule has 0 spiro atoms. The van der Waals surface area contributed by atoms with Crippen LogP contribution in [0, 0.1) is 11.7 Å². The van der Waals surface area contributed by atoms with Gasteiger partial charge in [0, 0.05) is 30.4 Å². The van der Waals surface area contributed by atoms with Gasteiger partial charge in [-0.1, -0.05) is 30.3 Å². The lowest BCUT2D eigenvalue weighted by atomic mass is 9.96. The predicted octanol–water partition coefficient (Wildman–Crippen LogP) is 4.76. The highest BCUT2D eigenvalue weighted by Gasteiger charge is 2.26. The summed E-state index contributed by atoms with van der Waals surface area (Å²) in [7, 11) is 0. The van der Waals surface area contributed by atoms with E-state index in [1.165, 1.54) is 17.7 Å². The zero-order valence-electron chi connectivity index (χ0n) is 16.5.